The van der Waals surface area contributed by atoms with Crippen molar-refractivity contribution in [3.63, 3.8) is 0 Å². The Morgan fingerprint density at radius 3 is 2.04 bits per heavy atom. The van der Waals surface area contributed by atoms with Crippen molar-refractivity contribution in [2.75, 3.05) is 36.8 Å². The average molecular weight is 331 g/mol. The molecule has 7 nitrogen and oxygen atoms in total. The van der Waals surface area contributed by atoms with Gasteiger partial charge in [-0.2, -0.15) is 0 Å². The minimum atomic E-state index is -0.0208. The van der Waals surface area contributed by atoms with Crippen LogP contribution in [0.5, 0.6) is 0 Å². The summed E-state index contributed by atoms with van der Waals surface area (Å²) in [6, 6.07) is 3.54. The van der Waals surface area contributed by atoms with Crippen LogP contribution in [0.3, 0.4) is 0 Å². The summed E-state index contributed by atoms with van der Waals surface area (Å²) in [5.74, 6) is 0.429. The number of pyridine rings is 1. The Hall–Kier alpha value is -1.99. The van der Waals surface area contributed by atoms with Gasteiger partial charge in [0.05, 0.1) is 5.69 Å². The van der Waals surface area contributed by atoms with E-state index in [1.54, 1.807) is 18.3 Å². The molecule has 0 saturated carbocycles. The Morgan fingerprint density at radius 2 is 1.46 bits per heavy atom. The van der Waals surface area contributed by atoms with Crippen LogP contribution < -0.4 is 21.3 Å². The first-order valence-electron chi connectivity index (χ1n) is 8.72. The van der Waals surface area contributed by atoms with Crippen molar-refractivity contribution in [2.24, 2.45) is 11.8 Å². The number of nitrogens with zero attached hydrogens (tertiary/aromatic N) is 1. The monoisotopic (exact) mass is 331 g/mol. The molecule has 0 aromatic carbocycles. The van der Waals surface area contributed by atoms with Crippen LogP contribution >= 0.6 is 0 Å². The summed E-state index contributed by atoms with van der Waals surface area (Å²) in [5.41, 5.74) is 0.573. The summed E-state index contributed by atoms with van der Waals surface area (Å²) in [4.78, 5) is 29.1. The van der Waals surface area contributed by atoms with Gasteiger partial charge in [0.2, 0.25) is 11.8 Å². The highest BCUT2D eigenvalue weighted by molar-refractivity contribution is 5.99. The number of rotatable bonds is 4. The standard InChI is InChI=1S/C17H25N5O2/c23-16(12-3-8-18-9-4-12)21-14-2-1-7-20-15(14)22-17(24)13-5-10-19-11-6-13/h1-2,7,12-13,18-19H,3-6,8-11H2,(H,21,23)(H,20,22,24). The van der Waals surface area contributed by atoms with Crippen LogP contribution in [-0.4, -0.2) is 43.0 Å². The largest absolute Gasteiger partial charge is 0.323 e. The lowest BCUT2D eigenvalue weighted by Gasteiger charge is -2.23. The van der Waals surface area contributed by atoms with Crippen LogP contribution in [0.4, 0.5) is 11.5 Å². The van der Waals surface area contributed by atoms with Gasteiger partial charge in [0.15, 0.2) is 5.82 Å². The maximum atomic E-state index is 12.4. The van der Waals surface area contributed by atoms with Gasteiger partial charge < -0.3 is 21.3 Å². The lowest BCUT2D eigenvalue weighted by atomic mass is 9.97. The Kier molecular flexibility index (Phi) is 5.77. The summed E-state index contributed by atoms with van der Waals surface area (Å²) < 4.78 is 0. The molecular formula is C17H25N5O2. The summed E-state index contributed by atoms with van der Waals surface area (Å²) >= 11 is 0. The van der Waals surface area contributed by atoms with Gasteiger partial charge in [-0.05, 0) is 64.0 Å². The first kappa shape index (κ1) is 16.9. The molecule has 7 heteroatoms. The molecule has 1 aromatic rings. The van der Waals surface area contributed by atoms with Crippen molar-refractivity contribution in [1.82, 2.24) is 15.6 Å². The van der Waals surface area contributed by atoms with Crippen molar-refractivity contribution in [2.45, 2.75) is 25.7 Å². The molecule has 2 amide bonds. The van der Waals surface area contributed by atoms with E-state index in [0.29, 0.717) is 11.5 Å². The van der Waals surface area contributed by atoms with E-state index in [4.69, 9.17) is 0 Å². The Labute approximate surface area is 142 Å². The molecule has 2 saturated heterocycles. The number of piperidine rings is 2. The minimum absolute atomic E-state index is 0.00114. The molecule has 2 fully saturated rings. The number of hydrogen-bond donors (Lipinski definition) is 4. The molecule has 0 atom stereocenters. The van der Waals surface area contributed by atoms with Crippen molar-refractivity contribution >= 4 is 23.3 Å². The lowest BCUT2D eigenvalue weighted by molar-refractivity contribution is -0.121. The van der Waals surface area contributed by atoms with Crippen LogP contribution in [-0.2, 0) is 9.59 Å². The minimum Gasteiger partial charge on any atom is -0.323 e. The highest BCUT2D eigenvalue weighted by Crippen LogP contribution is 2.23. The molecule has 0 aliphatic carbocycles. The van der Waals surface area contributed by atoms with E-state index in [-0.39, 0.29) is 23.7 Å². The zero-order valence-corrected chi connectivity index (χ0v) is 13.8. The molecule has 3 heterocycles. The number of carbonyl (C=O) groups excluding carboxylic acids is 2. The summed E-state index contributed by atoms with van der Waals surface area (Å²) in [7, 11) is 0. The fraction of sp³-hybridized carbons (Fsp3) is 0.588. The first-order valence-corrected chi connectivity index (χ1v) is 8.72. The molecule has 130 valence electrons. The molecule has 3 rings (SSSR count). The third-order valence-corrected chi connectivity index (χ3v) is 4.73. The highest BCUT2D eigenvalue weighted by Gasteiger charge is 2.24. The predicted molar refractivity (Wildman–Crippen MR) is 92.7 cm³/mol. The van der Waals surface area contributed by atoms with Crippen LogP contribution in [0.15, 0.2) is 18.3 Å². The van der Waals surface area contributed by atoms with Crippen molar-refractivity contribution in [3.8, 4) is 0 Å². The summed E-state index contributed by atoms with van der Waals surface area (Å²) in [5, 5.41) is 12.3. The summed E-state index contributed by atoms with van der Waals surface area (Å²) in [6.45, 7) is 3.45. The quantitative estimate of drug-likeness (QED) is 0.659. The molecular weight excluding hydrogens is 306 g/mol. The third-order valence-electron chi connectivity index (χ3n) is 4.73. The number of anilines is 2. The molecule has 0 spiro atoms. The maximum Gasteiger partial charge on any atom is 0.228 e. The average Bonchev–Trinajstić information content (AvgIpc) is 2.64. The predicted octanol–water partition coefficient (Wildman–Crippen LogP) is 0.958. The van der Waals surface area contributed by atoms with E-state index in [1.165, 1.54) is 0 Å². The van der Waals surface area contributed by atoms with Gasteiger partial charge in [-0.15, -0.1) is 0 Å². The number of hydrogen-bond acceptors (Lipinski definition) is 5. The van der Waals surface area contributed by atoms with Crippen LogP contribution in [0.2, 0.25) is 0 Å². The van der Waals surface area contributed by atoms with E-state index in [1.807, 2.05) is 0 Å². The van der Waals surface area contributed by atoms with Crippen LogP contribution in [0, 0.1) is 11.8 Å². The number of nitrogens with one attached hydrogen (secondary N) is 4. The zero-order valence-electron chi connectivity index (χ0n) is 13.8. The first-order chi connectivity index (χ1) is 11.7. The Balaban J connectivity index is 1.63. The Morgan fingerprint density at radius 1 is 0.917 bits per heavy atom. The molecule has 0 bridgehead atoms. The van der Waals surface area contributed by atoms with Crippen molar-refractivity contribution in [1.29, 1.82) is 0 Å². The van der Waals surface area contributed by atoms with Crippen molar-refractivity contribution in [3.05, 3.63) is 18.3 Å². The highest BCUT2D eigenvalue weighted by atomic mass is 16.2. The van der Waals surface area contributed by atoms with Gasteiger partial charge >= 0.3 is 0 Å². The van der Waals surface area contributed by atoms with Crippen molar-refractivity contribution < 1.29 is 9.59 Å². The maximum absolute atomic E-state index is 12.4. The third kappa shape index (κ3) is 4.30. The smallest absolute Gasteiger partial charge is 0.228 e. The Bertz CT molecular complexity index is 529. The molecule has 2 aliphatic heterocycles. The second-order valence-electron chi connectivity index (χ2n) is 6.43. The molecule has 0 unspecified atom stereocenters. The fourth-order valence-electron chi connectivity index (χ4n) is 3.23. The number of amides is 2. The van der Waals surface area contributed by atoms with Gasteiger partial charge in [0.25, 0.3) is 0 Å². The molecule has 2 aliphatic rings. The van der Waals surface area contributed by atoms with Gasteiger partial charge in [-0.3, -0.25) is 9.59 Å². The normalized spacial score (nSPS) is 19.7. The molecule has 0 radical (unpaired) electrons. The molecule has 24 heavy (non-hydrogen) atoms. The van der Waals surface area contributed by atoms with Gasteiger partial charge in [-0.25, -0.2) is 4.98 Å². The van der Waals surface area contributed by atoms with Gasteiger partial charge in [0, 0.05) is 18.0 Å². The SMILES string of the molecule is O=C(Nc1cccnc1NC(=O)C1CCNCC1)C1CCNCC1. The topological polar surface area (TPSA) is 95.2 Å². The number of aromatic nitrogens is 1. The van der Waals surface area contributed by atoms with E-state index >= 15 is 0 Å². The lowest BCUT2D eigenvalue weighted by Crippen LogP contribution is -2.36. The zero-order chi connectivity index (χ0) is 16.8. The van der Waals surface area contributed by atoms with E-state index in [2.05, 4.69) is 26.3 Å². The van der Waals surface area contributed by atoms with E-state index < -0.39 is 0 Å². The van der Waals surface area contributed by atoms with E-state index in [0.717, 1.165) is 51.9 Å². The summed E-state index contributed by atoms with van der Waals surface area (Å²) in [6.07, 6.45) is 4.95. The molecule has 1 aromatic heterocycles. The van der Waals surface area contributed by atoms with Gasteiger partial charge in [-0.1, -0.05) is 0 Å². The fourth-order valence-corrected chi connectivity index (χ4v) is 3.23. The number of carbonyl (C=O) groups is 2. The second kappa shape index (κ2) is 8.21. The second-order valence-corrected chi connectivity index (χ2v) is 6.43. The van der Waals surface area contributed by atoms with Crippen LogP contribution in [0.25, 0.3) is 0 Å². The van der Waals surface area contributed by atoms with Crippen LogP contribution in [0.1, 0.15) is 25.7 Å². The van der Waals surface area contributed by atoms with Gasteiger partial charge in [0.1, 0.15) is 0 Å². The molecule has 4 N–H and O–H groups in total. The van der Waals surface area contributed by atoms with E-state index in [9.17, 15) is 9.59 Å².